The molecule has 1 aromatic heterocycles. The van der Waals surface area contributed by atoms with E-state index in [9.17, 15) is 55.9 Å². The lowest BCUT2D eigenvalue weighted by Crippen LogP contribution is -2.65. The molecule has 20 heteroatoms. The summed E-state index contributed by atoms with van der Waals surface area (Å²) in [6.45, 7) is 2.13. The molecule has 0 bridgehead atoms. The minimum Gasteiger partial charge on any atom is -0.508 e. The minimum absolute atomic E-state index is 0.000985. The lowest BCUT2D eigenvalue weighted by Gasteiger charge is -2.46. The summed E-state index contributed by atoms with van der Waals surface area (Å²) in [4.78, 5) is 14.4. The maximum atomic E-state index is 14.4. The Balaban J connectivity index is 1.42. The van der Waals surface area contributed by atoms with Crippen molar-refractivity contribution in [1.82, 2.24) is 0 Å². The first-order chi connectivity index (χ1) is 26.1. The second-order valence-corrected chi connectivity index (χ2v) is 13.4. The van der Waals surface area contributed by atoms with E-state index in [1.54, 1.807) is 0 Å². The van der Waals surface area contributed by atoms with E-state index in [0.29, 0.717) is 0 Å². The van der Waals surface area contributed by atoms with Crippen LogP contribution in [-0.2, 0) is 23.7 Å². The molecule has 3 aliphatic heterocycles. The van der Waals surface area contributed by atoms with Crippen LogP contribution in [0.2, 0.25) is 0 Å². The number of benzene rings is 2. The van der Waals surface area contributed by atoms with Gasteiger partial charge in [0.15, 0.2) is 35.9 Å². The van der Waals surface area contributed by atoms with E-state index in [1.807, 2.05) is 0 Å². The van der Waals surface area contributed by atoms with E-state index in [4.69, 9.17) is 42.3 Å². The largest absolute Gasteiger partial charge is 0.508 e. The molecule has 3 aliphatic rings. The van der Waals surface area contributed by atoms with Crippen LogP contribution in [0.5, 0.6) is 28.7 Å². The molecule has 15 atom stereocenters. The summed E-state index contributed by atoms with van der Waals surface area (Å²) in [6.07, 6.45) is -24.7. The van der Waals surface area contributed by atoms with Gasteiger partial charge in [0.1, 0.15) is 71.7 Å². The summed E-state index contributed by atoms with van der Waals surface area (Å²) in [7, 11) is 2.51. The SMILES string of the molecule is COc1cc2oc(-c3ccc(O)cc3)c(OC3OC(COC4OC(C)C(O)C(O)C4O)C(O)C(O)C3OC3OC(C)C(O)C(O)C3O)c(=O)c2c(O)c1OC. The average molecular weight is 785 g/mol. The molecule has 0 spiro atoms. The Bertz CT molecular complexity index is 1850. The maximum absolute atomic E-state index is 14.4. The van der Waals surface area contributed by atoms with E-state index in [-0.39, 0.29) is 34.2 Å². The highest BCUT2D eigenvalue weighted by Gasteiger charge is 2.52. The fourth-order valence-electron chi connectivity index (χ4n) is 6.56. The van der Waals surface area contributed by atoms with E-state index < -0.39 is 121 Å². The fourth-order valence-corrected chi connectivity index (χ4v) is 6.56. The summed E-state index contributed by atoms with van der Waals surface area (Å²) in [5, 5.41) is 106. The highest BCUT2D eigenvalue weighted by atomic mass is 16.8. The molecule has 3 aromatic rings. The van der Waals surface area contributed by atoms with Gasteiger partial charge in [0.25, 0.3) is 0 Å². The van der Waals surface area contributed by atoms with Crippen LogP contribution in [0.3, 0.4) is 0 Å². The number of phenolic OH excluding ortho intramolecular Hbond substituents is 2. The summed E-state index contributed by atoms with van der Waals surface area (Å²) in [5.41, 5.74) is -1.05. The Morgan fingerprint density at radius 2 is 1.27 bits per heavy atom. The first-order valence-corrected chi connectivity index (χ1v) is 17.2. The molecular formula is C35H44O20. The molecule has 304 valence electrons. The molecular weight excluding hydrogens is 740 g/mol. The van der Waals surface area contributed by atoms with E-state index in [0.717, 1.165) is 0 Å². The van der Waals surface area contributed by atoms with Gasteiger partial charge in [-0.2, -0.15) is 0 Å². The van der Waals surface area contributed by atoms with Crippen LogP contribution in [0.4, 0.5) is 0 Å². The van der Waals surface area contributed by atoms with Gasteiger partial charge in [-0.3, -0.25) is 4.79 Å². The van der Waals surface area contributed by atoms with Gasteiger partial charge < -0.3 is 93.4 Å². The van der Waals surface area contributed by atoms with E-state index in [1.165, 1.54) is 58.4 Å². The Kier molecular flexibility index (Phi) is 12.1. The third kappa shape index (κ3) is 7.66. The summed E-state index contributed by atoms with van der Waals surface area (Å²) in [6, 6.07) is 6.60. The molecule has 2 aromatic carbocycles. The number of aromatic hydroxyl groups is 2. The predicted molar refractivity (Wildman–Crippen MR) is 181 cm³/mol. The van der Waals surface area contributed by atoms with Crippen LogP contribution in [0.15, 0.2) is 39.5 Å². The van der Waals surface area contributed by atoms with Gasteiger partial charge in [0.05, 0.1) is 33.0 Å². The summed E-state index contributed by atoms with van der Waals surface area (Å²) >= 11 is 0. The zero-order valence-electron chi connectivity index (χ0n) is 29.8. The Labute approximate surface area is 311 Å². The zero-order chi connectivity index (χ0) is 40.0. The molecule has 0 amide bonds. The Morgan fingerprint density at radius 1 is 0.673 bits per heavy atom. The van der Waals surface area contributed by atoms with Crippen molar-refractivity contribution in [1.29, 1.82) is 0 Å². The molecule has 0 saturated carbocycles. The number of aliphatic hydroxyl groups excluding tert-OH is 8. The van der Waals surface area contributed by atoms with Crippen LogP contribution >= 0.6 is 0 Å². The minimum atomic E-state index is -2.01. The van der Waals surface area contributed by atoms with Crippen molar-refractivity contribution in [2.45, 2.75) is 106 Å². The van der Waals surface area contributed by atoms with Gasteiger partial charge in [-0.25, -0.2) is 0 Å². The lowest BCUT2D eigenvalue weighted by molar-refractivity contribution is -0.360. The fraction of sp³-hybridized carbons (Fsp3) is 0.571. The number of methoxy groups -OCH3 is 2. The number of ether oxygens (including phenoxy) is 8. The highest BCUT2D eigenvalue weighted by molar-refractivity contribution is 5.91. The monoisotopic (exact) mass is 784 g/mol. The molecule has 0 radical (unpaired) electrons. The summed E-state index contributed by atoms with van der Waals surface area (Å²) < 4.78 is 51.3. The Morgan fingerprint density at radius 3 is 1.87 bits per heavy atom. The highest BCUT2D eigenvalue weighted by Crippen LogP contribution is 2.44. The third-order valence-corrected chi connectivity index (χ3v) is 9.80. The van der Waals surface area contributed by atoms with Crippen molar-refractivity contribution in [2.24, 2.45) is 0 Å². The second kappa shape index (κ2) is 16.3. The topological polar surface area (TPSA) is 306 Å². The van der Waals surface area contributed by atoms with Gasteiger partial charge in [-0.1, -0.05) is 0 Å². The normalized spacial score (nSPS) is 36.8. The zero-order valence-corrected chi connectivity index (χ0v) is 29.8. The lowest BCUT2D eigenvalue weighted by atomic mass is 9.97. The first-order valence-electron chi connectivity index (χ1n) is 17.2. The van der Waals surface area contributed by atoms with Crippen molar-refractivity contribution in [2.75, 3.05) is 20.8 Å². The maximum Gasteiger partial charge on any atom is 0.239 e. The van der Waals surface area contributed by atoms with Crippen molar-refractivity contribution in [3.8, 4) is 40.1 Å². The summed E-state index contributed by atoms with van der Waals surface area (Å²) in [5.74, 6) is -2.01. The molecule has 10 N–H and O–H groups in total. The second-order valence-electron chi connectivity index (χ2n) is 13.4. The van der Waals surface area contributed by atoms with Crippen LogP contribution < -0.4 is 19.6 Å². The smallest absolute Gasteiger partial charge is 0.239 e. The molecule has 55 heavy (non-hydrogen) atoms. The number of fused-ring (bicyclic) bond motifs is 1. The molecule has 4 heterocycles. The van der Waals surface area contributed by atoms with Crippen LogP contribution in [0.1, 0.15) is 13.8 Å². The molecule has 6 rings (SSSR count). The molecule has 20 nitrogen and oxygen atoms in total. The van der Waals surface area contributed by atoms with E-state index in [2.05, 4.69) is 0 Å². The van der Waals surface area contributed by atoms with Crippen molar-refractivity contribution in [3.05, 3.63) is 40.6 Å². The quantitative estimate of drug-likeness (QED) is 0.104. The van der Waals surface area contributed by atoms with Crippen LogP contribution in [-0.4, -0.2) is 164 Å². The standard InChI is InChI=1S/C35H44O20/c1-11-19(37)24(42)27(45)33(50-11)49-10-17-21(39)26(44)32(55-34-28(46)25(43)20(38)12(2)51-34)35(53-17)54-31-23(41)18-15(9-16(47-3)30(48-4)22(18)40)52-29(31)13-5-7-14(36)8-6-13/h5-9,11-12,17,19-21,24-28,32-40,42-46H,10H2,1-4H3. The first kappa shape index (κ1) is 40.8. The van der Waals surface area contributed by atoms with Crippen LogP contribution in [0.25, 0.3) is 22.3 Å². The van der Waals surface area contributed by atoms with Crippen LogP contribution in [0, 0.1) is 0 Å². The van der Waals surface area contributed by atoms with E-state index >= 15 is 0 Å². The van der Waals surface area contributed by atoms with Gasteiger partial charge in [0.2, 0.25) is 23.2 Å². The number of phenols is 2. The van der Waals surface area contributed by atoms with Gasteiger partial charge in [-0.05, 0) is 38.1 Å². The van der Waals surface area contributed by atoms with Crippen molar-refractivity contribution in [3.63, 3.8) is 0 Å². The number of hydrogen-bond donors (Lipinski definition) is 10. The average Bonchev–Trinajstić information content (AvgIpc) is 3.16. The van der Waals surface area contributed by atoms with Gasteiger partial charge >= 0.3 is 0 Å². The van der Waals surface area contributed by atoms with Gasteiger partial charge in [0, 0.05) is 11.6 Å². The Hall–Kier alpha value is -3.87. The number of rotatable bonds is 10. The number of hydrogen-bond acceptors (Lipinski definition) is 20. The third-order valence-electron chi connectivity index (χ3n) is 9.80. The van der Waals surface area contributed by atoms with Crippen molar-refractivity contribution < 1.29 is 93.4 Å². The molecule has 15 unspecified atom stereocenters. The predicted octanol–water partition coefficient (Wildman–Crippen LogP) is -2.23. The molecule has 3 saturated heterocycles. The molecule has 3 fully saturated rings. The van der Waals surface area contributed by atoms with Gasteiger partial charge in [-0.15, -0.1) is 0 Å². The number of aliphatic hydroxyl groups is 8. The molecule has 0 aliphatic carbocycles. The van der Waals surface area contributed by atoms with Crippen molar-refractivity contribution >= 4 is 11.0 Å².